The van der Waals surface area contributed by atoms with Crippen molar-refractivity contribution in [2.45, 2.75) is 29.5 Å². The quantitative estimate of drug-likeness (QED) is 0.127. The average molecular weight is 617 g/mol. The van der Waals surface area contributed by atoms with Crippen LogP contribution in [0.15, 0.2) is 80.6 Å². The number of carboxylic acid groups (broad SMARTS) is 1. The van der Waals surface area contributed by atoms with Crippen molar-refractivity contribution in [3.05, 3.63) is 76.5 Å². The molecule has 0 spiro atoms. The monoisotopic (exact) mass is 616 g/mol. The summed E-state index contributed by atoms with van der Waals surface area (Å²) in [6.45, 7) is 0.441. The van der Waals surface area contributed by atoms with E-state index in [1.807, 2.05) is 12.1 Å². The van der Waals surface area contributed by atoms with E-state index >= 15 is 0 Å². The zero-order valence-corrected chi connectivity index (χ0v) is 23.1. The molecule has 0 bridgehead atoms. The van der Waals surface area contributed by atoms with Crippen LogP contribution in [0.2, 0.25) is 0 Å². The van der Waals surface area contributed by atoms with Crippen LogP contribution in [0.1, 0.15) is 12.0 Å². The molecule has 2 saturated heterocycles. The van der Waals surface area contributed by atoms with E-state index in [1.165, 1.54) is 28.8 Å². The van der Waals surface area contributed by atoms with Gasteiger partial charge in [-0.3, -0.25) is 19.3 Å². The number of carbonyl (C=O) groups is 4. The topological polar surface area (TPSA) is 162 Å². The number of aliphatic carboxylic acids is 1. The second-order valence-corrected chi connectivity index (χ2v) is 11.7. The molecule has 4 N–H and O–H groups in total. The third-order valence-corrected chi connectivity index (χ3v) is 9.18. The van der Waals surface area contributed by atoms with Crippen LogP contribution < -0.4 is 10.6 Å². The number of aromatic hydroxyl groups is 1. The molecular formula is C28H25N4NaO7S2. The fourth-order valence-corrected chi connectivity index (χ4v) is 7.16. The first kappa shape index (κ1) is 30.2. The fourth-order valence-electron chi connectivity index (χ4n) is 5.13. The zero-order valence-electron chi connectivity index (χ0n) is 21.5. The second-order valence-electron chi connectivity index (χ2n) is 9.63. The molecule has 3 aliphatic rings. The van der Waals surface area contributed by atoms with E-state index in [-0.39, 0.29) is 64.8 Å². The first-order chi connectivity index (χ1) is 19.8. The predicted molar refractivity (Wildman–Crippen MR) is 158 cm³/mol. The van der Waals surface area contributed by atoms with E-state index in [4.69, 9.17) is 4.42 Å². The molecule has 0 saturated carbocycles. The molecule has 3 amide bonds. The first-order valence-corrected chi connectivity index (χ1v) is 14.8. The number of phenolic OH excluding ortho intramolecular Hbond substituents is 1. The van der Waals surface area contributed by atoms with Crippen molar-refractivity contribution in [3.8, 4) is 5.75 Å². The van der Waals surface area contributed by atoms with E-state index in [9.17, 15) is 29.4 Å². The number of allylic oxidation sites excluding steroid dienone is 1. The molecule has 0 unspecified atom stereocenters. The maximum atomic E-state index is 13.2. The molecule has 4 heterocycles. The van der Waals surface area contributed by atoms with Gasteiger partial charge in [-0.1, -0.05) is 36.0 Å². The minimum absolute atomic E-state index is 0. The Morgan fingerprint density at radius 3 is 2.62 bits per heavy atom. The van der Waals surface area contributed by atoms with Gasteiger partial charge in [-0.05, 0) is 53.8 Å². The van der Waals surface area contributed by atoms with Gasteiger partial charge < -0.3 is 25.3 Å². The van der Waals surface area contributed by atoms with Gasteiger partial charge in [0.05, 0.1) is 5.75 Å². The number of carboxylic acids is 1. The zero-order chi connectivity index (χ0) is 28.7. The van der Waals surface area contributed by atoms with Crippen LogP contribution in [0.3, 0.4) is 0 Å². The van der Waals surface area contributed by atoms with Crippen molar-refractivity contribution >= 4 is 87.9 Å². The maximum absolute atomic E-state index is 13.2. The van der Waals surface area contributed by atoms with E-state index in [1.54, 1.807) is 24.3 Å². The number of aromatic nitrogens is 1. The third-order valence-electron chi connectivity index (χ3n) is 7.07. The normalized spacial score (nSPS) is 20.9. The molecule has 2 fully saturated rings. The van der Waals surface area contributed by atoms with Gasteiger partial charge in [-0.2, -0.15) is 0 Å². The summed E-state index contributed by atoms with van der Waals surface area (Å²) in [5, 5.41) is 25.1. The summed E-state index contributed by atoms with van der Waals surface area (Å²) in [6, 6.07) is 12.8. The van der Waals surface area contributed by atoms with Crippen molar-refractivity contribution in [2.24, 2.45) is 0 Å². The number of amides is 3. The van der Waals surface area contributed by atoms with Crippen LogP contribution in [-0.4, -0.2) is 103 Å². The predicted octanol–water partition coefficient (Wildman–Crippen LogP) is 1.77. The number of para-hydroxylation sites is 2. The molecule has 3 aliphatic heterocycles. The van der Waals surface area contributed by atoms with Crippen LogP contribution in [0.25, 0.3) is 11.1 Å². The van der Waals surface area contributed by atoms with E-state index in [0.717, 1.165) is 17.3 Å². The Kier molecular flexibility index (Phi) is 9.04. The minimum atomic E-state index is -1.28. The van der Waals surface area contributed by atoms with Gasteiger partial charge in [0.2, 0.25) is 11.8 Å². The number of β-lactam (4-membered cyclic amide) rings is 1. The number of hydrogen-bond donors (Lipinski definition) is 4. The van der Waals surface area contributed by atoms with Crippen LogP contribution in [0, 0.1) is 0 Å². The Morgan fingerprint density at radius 2 is 1.93 bits per heavy atom. The number of rotatable bonds is 8. The number of nitrogens with zero attached hydrogens (tertiary/aromatic N) is 2. The average Bonchev–Trinajstić information content (AvgIpc) is 3.59. The number of nitrogens with one attached hydrogen (secondary N) is 2. The SMILES string of the molecule is O=C(CSc1nc2ccccc2o1)N[C@@H]1C(=O)N2C(C(=O)O)=C(C(Cc3ccc(O)cc3)=C3CCNC3=O)CS[C@H]12.[NaH]. The van der Waals surface area contributed by atoms with Crippen molar-refractivity contribution in [1.82, 2.24) is 20.5 Å². The Balaban J connectivity index is 0.00000353. The molecule has 14 heteroatoms. The van der Waals surface area contributed by atoms with Gasteiger partial charge in [0.1, 0.15) is 28.4 Å². The van der Waals surface area contributed by atoms with Gasteiger partial charge in [-0.25, -0.2) is 9.78 Å². The summed E-state index contributed by atoms with van der Waals surface area (Å²) in [4.78, 5) is 56.7. The van der Waals surface area contributed by atoms with Gasteiger partial charge >= 0.3 is 35.5 Å². The van der Waals surface area contributed by atoms with Crippen LogP contribution in [0.5, 0.6) is 5.75 Å². The van der Waals surface area contributed by atoms with Crippen molar-refractivity contribution < 1.29 is 33.8 Å². The Labute approximate surface area is 270 Å². The van der Waals surface area contributed by atoms with Crippen LogP contribution in [-0.2, 0) is 25.6 Å². The first-order valence-electron chi connectivity index (χ1n) is 12.8. The van der Waals surface area contributed by atoms with Gasteiger partial charge in [0.15, 0.2) is 5.58 Å². The van der Waals surface area contributed by atoms with Crippen molar-refractivity contribution in [3.63, 3.8) is 0 Å². The standard InChI is InChI=1S/C28H24N4O7S2.Na.H/c33-15-7-5-14(6-8-15)11-17(16-9-10-29-24(16)35)18-12-40-26-22(25(36)32(26)23(18)27(37)38)31-21(34)13-41-28-30-19-3-1-2-4-20(19)39-28;;/h1-8,22,26,33H,9-13H2,(H,29,35)(H,31,34)(H,37,38);;/t22-,26-;;/m1../s1. The number of thioether (sulfide) groups is 2. The molecule has 0 radical (unpaired) electrons. The summed E-state index contributed by atoms with van der Waals surface area (Å²) < 4.78 is 5.62. The summed E-state index contributed by atoms with van der Waals surface area (Å²) in [7, 11) is 0. The third kappa shape index (κ3) is 5.84. The summed E-state index contributed by atoms with van der Waals surface area (Å²) in [6.07, 6.45) is 0.691. The number of benzene rings is 2. The van der Waals surface area contributed by atoms with Crippen LogP contribution in [0.4, 0.5) is 0 Å². The van der Waals surface area contributed by atoms with Gasteiger partial charge in [0, 0.05) is 17.9 Å². The van der Waals surface area contributed by atoms with E-state index in [2.05, 4.69) is 15.6 Å². The van der Waals surface area contributed by atoms with Crippen molar-refractivity contribution in [2.75, 3.05) is 18.1 Å². The number of carbonyl (C=O) groups excluding carboxylic acids is 3. The number of phenols is 1. The van der Waals surface area contributed by atoms with Crippen molar-refractivity contribution in [1.29, 1.82) is 0 Å². The number of hydrogen-bond acceptors (Lipinski definition) is 9. The second kappa shape index (κ2) is 12.6. The molecule has 2 aromatic carbocycles. The molecular weight excluding hydrogens is 591 g/mol. The van der Waals surface area contributed by atoms with Gasteiger partial charge in [-0.15, -0.1) is 11.8 Å². The van der Waals surface area contributed by atoms with E-state index < -0.39 is 29.2 Å². The molecule has 11 nitrogen and oxygen atoms in total. The molecule has 0 aliphatic carbocycles. The molecule has 2 atom stereocenters. The molecule has 3 aromatic rings. The molecule has 6 rings (SSSR count). The summed E-state index contributed by atoms with van der Waals surface area (Å²) in [5.41, 5.74) is 3.35. The van der Waals surface area contributed by atoms with Gasteiger partial charge in [0.25, 0.3) is 11.1 Å². The van der Waals surface area contributed by atoms with E-state index in [0.29, 0.717) is 46.0 Å². The molecule has 1 aromatic heterocycles. The summed E-state index contributed by atoms with van der Waals surface area (Å²) in [5.74, 6) is -2.17. The Bertz CT molecular complexity index is 1620. The fraction of sp³-hybridized carbons (Fsp3) is 0.250. The Morgan fingerprint density at radius 1 is 1.17 bits per heavy atom. The number of fused-ring (bicyclic) bond motifs is 2. The molecule has 212 valence electrons. The summed E-state index contributed by atoms with van der Waals surface area (Å²) >= 11 is 2.44. The number of oxazole rings is 1. The molecule has 42 heavy (non-hydrogen) atoms. The Hall–Kier alpha value is -3.23. The van der Waals surface area contributed by atoms with Crippen LogP contribution >= 0.6 is 23.5 Å².